The Morgan fingerprint density at radius 3 is 1.75 bits per heavy atom. The Labute approximate surface area is 300 Å². The molecule has 10 rings (SSSR count). The molecule has 0 amide bonds. The van der Waals surface area contributed by atoms with Crippen molar-refractivity contribution < 1.29 is 4.42 Å². The van der Waals surface area contributed by atoms with Gasteiger partial charge in [0.25, 0.3) is 0 Å². The van der Waals surface area contributed by atoms with Gasteiger partial charge in [-0.3, -0.25) is 0 Å². The predicted octanol–water partition coefficient (Wildman–Crippen LogP) is 13.2. The molecule has 0 saturated heterocycles. The van der Waals surface area contributed by atoms with Crippen molar-refractivity contribution in [2.45, 2.75) is 0 Å². The molecule has 0 radical (unpaired) electrons. The fraction of sp³-hybridized carbons (Fsp3) is 0. The van der Waals surface area contributed by atoms with E-state index in [0.29, 0.717) is 0 Å². The topological polar surface area (TPSA) is 42.2 Å². The van der Waals surface area contributed by atoms with E-state index >= 15 is 0 Å². The van der Waals surface area contributed by atoms with Gasteiger partial charge in [0.1, 0.15) is 5.58 Å². The number of nitrogens with zero attached hydrogens (tertiary/aromatic N) is 3. The summed E-state index contributed by atoms with van der Waals surface area (Å²) in [5.74, 6) is 0. The maximum Gasteiger partial charge on any atom is 0.159 e. The maximum absolute atomic E-state index is 6.49. The third-order valence-electron chi connectivity index (χ3n) is 9.84. The lowest BCUT2D eigenvalue weighted by atomic mass is 9.99. The summed E-state index contributed by atoms with van der Waals surface area (Å²) >= 11 is 0. The monoisotopic (exact) mass is 665 g/mol. The molecule has 0 N–H and O–H groups in total. The van der Waals surface area contributed by atoms with E-state index in [4.69, 9.17) is 14.4 Å². The first-order chi connectivity index (χ1) is 25.8. The molecule has 244 valence electrons. The first-order valence-electron chi connectivity index (χ1n) is 17.5. The summed E-state index contributed by atoms with van der Waals surface area (Å²) < 4.78 is 6.49. The molecule has 8 aromatic carbocycles. The molecule has 52 heavy (non-hydrogen) atoms. The normalized spacial score (nSPS) is 11.5. The largest absolute Gasteiger partial charge is 0.454 e. The Kier molecular flexibility index (Phi) is 7.10. The number of furan rings is 1. The highest BCUT2D eigenvalue weighted by molar-refractivity contribution is 6.10. The minimum absolute atomic E-state index is 0.865. The summed E-state index contributed by atoms with van der Waals surface area (Å²) in [5.41, 5.74) is 12.7. The van der Waals surface area contributed by atoms with Crippen LogP contribution in [0.5, 0.6) is 0 Å². The Bertz CT molecular complexity index is 2880. The molecule has 0 aliphatic heterocycles. The smallest absolute Gasteiger partial charge is 0.159 e. The molecule has 0 aliphatic carbocycles. The lowest BCUT2D eigenvalue weighted by Gasteiger charge is -2.25. The number of anilines is 3. The van der Waals surface area contributed by atoms with Gasteiger partial charge in [0.05, 0.1) is 28.1 Å². The molecule has 4 heteroatoms. The minimum Gasteiger partial charge on any atom is -0.454 e. The van der Waals surface area contributed by atoms with Crippen LogP contribution in [0.4, 0.5) is 17.1 Å². The average Bonchev–Trinajstić information content (AvgIpc) is 3.61. The van der Waals surface area contributed by atoms with Crippen molar-refractivity contribution in [1.29, 1.82) is 0 Å². The molecule has 0 spiro atoms. The van der Waals surface area contributed by atoms with Crippen LogP contribution < -0.4 is 4.90 Å². The van der Waals surface area contributed by atoms with Gasteiger partial charge in [-0.25, -0.2) is 9.97 Å². The Balaban J connectivity index is 1.09. The summed E-state index contributed by atoms with van der Waals surface area (Å²) in [4.78, 5) is 12.8. The zero-order chi connectivity index (χ0) is 34.4. The molecule has 4 nitrogen and oxygen atoms in total. The van der Waals surface area contributed by atoms with Crippen LogP contribution in [0.15, 0.2) is 192 Å². The van der Waals surface area contributed by atoms with Crippen LogP contribution in [0, 0.1) is 0 Å². The van der Waals surface area contributed by atoms with Crippen molar-refractivity contribution in [3.05, 3.63) is 188 Å². The van der Waals surface area contributed by atoms with Crippen molar-refractivity contribution in [1.82, 2.24) is 9.97 Å². The summed E-state index contributed by atoms with van der Waals surface area (Å²) in [5, 5.41) is 4.42. The van der Waals surface area contributed by atoms with Gasteiger partial charge in [0.2, 0.25) is 0 Å². The summed E-state index contributed by atoms with van der Waals surface area (Å²) in [6.07, 6.45) is 0. The van der Waals surface area contributed by atoms with Gasteiger partial charge in [0, 0.05) is 38.7 Å². The van der Waals surface area contributed by atoms with E-state index in [9.17, 15) is 0 Å². The molecule has 2 aromatic heterocycles. The van der Waals surface area contributed by atoms with Gasteiger partial charge >= 0.3 is 0 Å². The van der Waals surface area contributed by atoms with Crippen LogP contribution in [0.1, 0.15) is 0 Å². The molecule has 0 unspecified atom stereocenters. The first-order valence-corrected chi connectivity index (χ1v) is 17.5. The van der Waals surface area contributed by atoms with E-state index in [-0.39, 0.29) is 0 Å². The Hall–Kier alpha value is -7.04. The molecule has 0 atom stereocenters. The first kappa shape index (κ1) is 29.8. The molecule has 0 fully saturated rings. The summed E-state index contributed by atoms with van der Waals surface area (Å²) in [6, 6.07) is 65.4. The molecule has 10 aromatic rings. The number of rotatable bonds is 6. The molecule has 2 heterocycles. The lowest BCUT2D eigenvalue weighted by Crippen LogP contribution is -2.10. The second-order valence-corrected chi connectivity index (χ2v) is 13.0. The van der Waals surface area contributed by atoms with E-state index in [1.54, 1.807) is 0 Å². The van der Waals surface area contributed by atoms with Crippen LogP contribution in [0.3, 0.4) is 0 Å². The van der Waals surface area contributed by atoms with Gasteiger partial charge < -0.3 is 9.32 Å². The molecule has 0 aliphatic rings. The SMILES string of the molecule is c1ccc(-c2nc3ccc4ccc(-c5ccc(N(c6ccccc6)c6cccc7c6oc6ccccc67)cc5)cc4c3nc2-c2ccccc2)cc1. The molecule has 0 saturated carbocycles. The van der Waals surface area contributed by atoms with Crippen LogP contribution in [-0.2, 0) is 0 Å². The van der Waals surface area contributed by atoms with Crippen LogP contribution in [0.25, 0.3) is 77.4 Å². The fourth-order valence-electron chi connectivity index (χ4n) is 7.33. The third kappa shape index (κ3) is 5.09. The van der Waals surface area contributed by atoms with Gasteiger partial charge in [-0.05, 0) is 65.0 Å². The summed E-state index contributed by atoms with van der Waals surface area (Å²) in [6.45, 7) is 0. The number of para-hydroxylation sites is 3. The number of aromatic nitrogens is 2. The molecular formula is C48H31N3O. The highest BCUT2D eigenvalue weighted by Gasteiger charge is 2.20. The molecule has 0 bridgehead atoms. The van der Waals surface area contributed by atoms with Crippen molar-refractivity contribution in [2.24, 2.45) is 0 Å². The second-order valence-electron chi connectivity index (χ2n) is 13.0. The van der Waals surface area contributed by atoms with E-state index in [1.165, 1.54) is 0 Å². The van der Waals surface area contributed by atoms with Crippen LogP contribution >= 0.6 is 0 Å². The number of benzene rings is 8. The summed E-state index contributed by atoms with van der Waals surface area (Å²) in [7, 11) is 0. The van der Waals surface area contributed by atoms with E-state index in [0.717, 1.165) is 94.4 Å². The Morgan fingerprint density at radius 2 is 1.00 bits per heavy atom. The van der Waals surface area contributed by atoms with Gasteiger partial charge in [-0.1, -0.05) is 140 Å². The van der Waals surface area contributed by atoms with Crippen molar-refractivity contribution in [3.8, 4) is 33.6 Å². The Morgan fingerprint density at radius 1 is 0.404 bits per heavy atom. The van der Waals surface area contributed by atoms with Crippen LogP contribution in [0.2, 0.25) is 0 Å². The quantitative estimate of drug-likeness (QED) is 0.166. The molecular weight excluding hydrogens is 635 g/mol. The highest BCUT2D eigenvalue weighted by Crippen LogP contribution is 2.42. The van der Waals surface area contributed by atoms with E-state index in [1.807, 2.05) is 42.5 Å². The fourth-order valence-corrected chi connectivity index (χ4v) is 7.33. The standard InChI is InChI=1S/C48H31N3O/c1-4-13-34(14-5-1)45-46(35-15-6-2-7-16-35)50-47-41-31-36(24-23-33(41)27-30-42(47)49-45)32-25-28-38(29-26-32)51(37-17-8-3-9-18-37)43-21-12-20-40-39-19-10-11-22-44(39)52-48(40)43/h1-31H. The van der Waals surface area contributed by atoms with Gasteiger partial charge in [-0.2, -0.15) is 0 Å². The van der Waals surface area contributed by atoms with Gasteiger partial charge in [-0.15, -0.1) is 0 Å². The highest BCUT2D eigenvalue weighted by atomic mass is 16.3. The number of fused-ring (bicyclic) bond motifs is 6. The third-order valence-corrected chi connectivity index (χ3v) is 9.84. The number of hydrogen-bond donors (Lipinski definition) is 0. The van der Waals surface area contributed by atoms with Crippen LogP contribution in [-0.4, -0.2) is 9.97 Å². The number of hydrogen-bond acceptors (Lipinski definition) is 4. The average molecular weight is 666 g/mol. The second kappa shape index (κ2) is 12.4. The predicted molar refractivity (Wildman–Crippen MR) is 215 cm³/mol. The lowest BCUT2D eigenvalue weighted by molar-refractivity contribution is 0.669. The van der Waals surface area contributed by atoms with Crippen molar-refractivity contribution in [2.75, 3.05) is 4.90 Å². The van der Waals surface area contributed by atoms with Gasteiger partial charge in [0.15, 0.2) is 5.58 Å². The zero-order valence-corrected chi connectivity index (χ0v) is 28.1. The van der Waals surface area contributed by atoms with Crippen molar-refractivity contribution >= 4 is 60.8 Å². The van der Waals surface area contributed by atoms with E-state index in [2.05, 4.69) is 150 Å². The van der Waals surface area contributed by atoms with E-state index < -0.39 is 0 Å². The minimum atomic E-state index is 0.865. The maximum atomic E-state index is 6.49. The zero-order valence-electron chi connectivity index (χ0n) is 28.1. The van der Waals surface area contributed by atoms with Crippen molar-refractivity contribution in [3.63, 3.8) is 0 Å².